The van der Waals surface area contributed by atoms with Crippen molar-refractivity contribution in [3.63, 3.8) is 0 Å². The van der Waals surface area contributed by atoms with Crippen LogP contribution in [0.2, 0.25) is 0 Å². The highest BCUT2D eigenvalue weighted by atomic mass is 19.1. The van der Waals surface area contributed by atoms with Crippen LogP contribution < -0.4 is 5.32 Å². The number of hydrogen-bond donors (Lipinski definition) is 1. The zero-order valence-electron chi connectivity index (χ0n) is 10.6. The van der Waals surface area contributed by atoms with E-state index in [0.717, 1.165) is 24.3 Å². The Morgan fingerprint density at radius 3 is 2.95 bits per heavy atom. The van der Waals surface area contributed by atoms with Gasteiger partial charge in [-0.2, -0.15) is 0 Å². The third-order valence-corrected chi connectivity index (χ3v) is 3.27. The summed E-state index contributed by atoms with van der Waals surface area (Å²) >= 11 is 0. The van der Waals surface area contributed by atoms with Crippen molar-refractivity contribution in [2.45, 2.75) is 12.6 Å². The van der Waals surface area contributed by atoms with Gasteiger partial charge in [0.1, 0.15) is 11.9 Å². The Labute approximate surface area is 111 Å². The number of nitrogens with zero attached hydrogens (tertiary/aromatic N) is 2. The molecular formula is C14H16FN3O. The first-order chi connectivity index (χ1) is 9.33. The van der Waals surface area contributed by atoms with Crippen molar-refractivity contribution in [2.75, 3.05) is 19.7 Å². The number of rotatable bonds is 3. The lowest BCUT2D eigenvalue weighted by atomic mass is 10.2. The minimum atomic E-state index is -0.214. The molecule has 1 saturated heterocycles. The number of imidazole rings is 1. The van der Waals surface area contributed by atoms with Crippen LogP contribution in [0, 0.1) is 5.82 Å². The molecule has 0 aliphatic carbocycles. The molecule has 1 unspecified atom stereocenters. The van der Waals surface area contributed by atoms with Gasteiger partial charge in [-0.3, -0.25) is 0 Å². The molecule has 0 amide bonds. The lowest BCUT2D eigenvalue weighted by molar-refractivity contribution is 0.0230. The lowest BCUT2D eigenvalue weighted by Crippen LogP contribution is -2.34. The molecule has 1 aliphatic heterocycles. The van der Waals surface area contributed by atoms with Gasteiger partial charge in [-0.05, 0) is 17.7 Å². The maximum absolute atomic E-state index is 12.9. The van der Waals surface area contributed by atoms with Gasteiger partial charge in [0.15, 0.2) is 0 Å². The predicted molar refractivity (Wildman–Crippen MR) is 69.3 cm³/mol. The van der Waals surface area contributed by atoms with E-state index < -0.39 is 0 Å². The van der Waals surface area contributed by atoms with Gasteiger partial charge in [-0.15, -0.1) is 0 Å². The minimum absolute atomic E-state index is 0.0386. The normalized spacial score (nSPS) is 19.5. The van der Waals surface area contributed by atoms with E-state index >= 15 is 0 Å². The molecule has 0 spiro atoms. The molecule has 1 N–H and O–H groups in total. The topological polar surface area (TPSA) is 39.1 Å². The van der Waals surface area contributed by atoms with E-state index in [1.54, 1.807) is 18.5 Å². The highest BCUT2D eigenvalue weighted by molar-refractivity contribution is 5.18. The fraction of sp³-hybridized carbons (Fsp3) is 0.357. The van der Waals surface area contributed by atoms with Gasteiger partial charge in [-0.25, -0.2) is 9.37 Å². The number of ether oxygens (including phenoxy) is 1. The summed E-state index contributed by atoms with van der Waals surface area (Å²) in [7, 11) is 0. The van der Waals surface area contributed by atoms with Crippen LogP contribution in [-0.2, 0) is 11.3 Å². The van der Waals surface area contributed by atoms with Crippen molar-refractivity contribution in [1.82, 2.24) is 14.9 Å². The molecule has 19 heavy (non-hydrogen) atoms. The van der Waals surface area contributed by atoms with Crippen LogP contribution in [0.5, 0.6) is 0 Å². The van der Waals surface area contributed by atoms with Crippen molar-refractivity contribution >= 4 is 0 Å². The number of nitrogens with one attached hydrogen (secondary N) is 1. The monoisotopic (exact) mass is 261 g/mol. The van der Waals surface area contributed by atoms with Crippen LogP contribution in [0.1, 0.15) is 17.4 Å². The number of benzene rings is 1. The molecule has 1 aromatic carbocycles. The van der Waals surface area contributed by atoms with Crippen LogP contribution in [-0.4, -0.2) is 29.2 Å². The van der Waals surface area contributed by atoms with E-state index in [0.29, 0.717) is 13.2 Å². The molecular weight excluding hydrogens is 245 g/mol. The molecule has 0 saturated carbocycles. The Balaban J connectivity index is 1.77. The molecule has 1 fully saturated rings. The van der Waals surface area contributed by atoms with E-state index in [-0.39, 0.29) is 11.9 Å². The van der Waals surface area contributed by atoms with Gasteiger partial charge in [0.25, 0.3) is 0 Å². The van der Waals surface area contributed by atoms with E-state index in [2.05, 4.69) is 10.3 Å². The van der Waals surface area contributed by atoms with Crippen molar-refractivity contribution in [2.24, 2.45) is 0 Å². The first kappa shape index (κ1) is 12.3. The van der Waals surface area contributed by atoms with Crippen LogP contribution in [0.3, 0.4) is 0 Å². The van der Waals surface area contributed by atoms with Crippen LogP contribution >= 0.6 is 0 Å². The van der Waals surface area contributed by atoms with E-state index in [1.165, 1.54) is 12.1 Å². The fourth-order valence-electron chi connectivity index (χ4n) is 2.27. The summed E-state index contributed by atoms with van der Waals surface area (Å²) in [6.45, 7) is 3.08. The Bertz CT molecular complexity index is 532. The van der Waals surface area contributed by atoms with Gasteiger partial charge in [0.2, 0.25) is 0 Å². The Morgan fingerprint density at radius 2 is 2.21 bits per heavy atom. The second-order valence-corrected chi connectivity index (χ2v) is 4.64. The van der Waals surface area contributed by atoms with Crippen molar-refractivity contribution in [3.8, 4) is 0 Å². The van der Waals surface area contributed by atoms with Crippen LogP contribution in [0.15, 0.2) is 36.8 Å². The Hall–Kier alpha value is -1.72. The van der Waals surface area contributed by atoms with E-state index in [4.69, 9.17) is 4.74 Å². The van der Waals surface area contributed by atoms with Gasteiger partial charge in [0.05, 0.1) is 24.8 Å². The first-order valence-corrected chi connectivity index (χ1v) is 6.40. The summed E-state index contributed by atoms with van der Waals surface area (Å²) in [5.74, 6) is -0.214. The van der Waals surface area contributed by atoms with Gasteiger partial charge >= 0.3 is 0 Å². The minimum Gasteiger partial charge on any atom is -0.369 e. The van der Waals surface area contributed by atoms with E-state index in [9.17, 15) is 4.39 Å². The molecule has 1 aromatic heterocycles. The molecule has 0 radical (unpaired) electrons. The molecule has 3 rings (SSSR count). The standard InChI is InChI=1S/C14H16FN3O/c15-12-3-1-11(2-4-12)9-18-10-17-7-13(18)14-8-16-5-6-19-14/h1-4,7,10,14,16H,5-6,8-9H2. The van der Waals surface area contributed by atoms with Gasteiger partial charge < -0.3 is 14.6 Å². The molecule has 2 heterocycles. The molecule has 100 valence electrons. The maximum atomic E-state index is 12.9. The van der Waals surface area contributed by atoms with Crippen LogP contribution in [0.4, 0.5) is 4.39 Å². The molecule has 1 aliphatic rings. The summed E-state index contributed by atoms with van der Waals surface area (Å²) in [6, 6.07) is 6.54. The molecule has 4 nitrogen and oxygen atoms in total. The number of aromatic nitrogens is 2. The average molecular weight is 261 g/mol. The SMILES string of the molecule is Fc1ccc(Cn2cncc2C2CNCCO2)cc1. The molecule has 5 heteroatoms. The van der Waals surface area contributed by atoms with Crippen molar-refractivity contribution < 1.29 is 9.13 Å². The molecule has 0 bridgehead atoms. The second-order valence-electron chi connectivity index (χ2n) is 4.64. The van der Waals surface area contributed by atoms with Gasteiger partial charge in [-0.1, -0.05) is 12.1 Å². The second kappa shape index (κ2) is 5.50. The number of morpholine rings is 1. The quantitative estimate of drug-likeness (QED) is 0.914. The summed E-state index contributed by atoms with van der Waals surface area (Å²) < 4.78 is 20.7. The lowest BCUT2D eigenvalue weighted by Gasteiger charge is -2.24. The van der Waals surface area contributed by atoms with Gasteiger partial charge in [0, 0.05) is 19.6 Å². The van der Waals surface area contributed by atoms with E-state index in [1.807, 2.05) is 10.8 Å². The molecule has 2 aromatic rings. The average Bonchev–Trinajstić information content (AvgIpc) is 2.90. The Kier molecular flexibility index (Phi) is 3.57. The highest BCUT2D eigenvalue weighted by Crippen LogP contribution is 2.19. The maximum Gasteiger partial charge on any atom is 0.123 e. The molecule has 1 atom stereocenters. The first-order valence-electron chi connectivity index (χ1n) is 6.40. The summed E-state index contributed by atoms with van der Waals surface area (Å²) in [5.41, 5.74) is 2.10. The number of halogens is 1. The fourth-order valence-corrected chi connectivity index (χ4v) is 2.27. The zero-order chi connectivity index (χ0) is 13.1. The summed E-state index contributed by atoms with van der Waals surface area (Å²) in [4.78, 5) is 4.19. The smallest absolute Gasteiger partial charge is 0.123 e. The van der Waals surface area contributed by atoms with Crippen LogP contribution in [0.25, 0.3) is 0 Å². The zero-order valence-corrected chi connectivity index (χ0v) is 10.6. The number of hydrogen-bond acceptors (Lipinski definition) is 3. The highest BCUT2D eigenvalue weighted by Gasteiger charge is 2.19. The summed E-state index contributed by atoms with van der Waals surface area (Å²) in [6.07, 6.45) is 3.66. The summed E-state index contributed by atoms with van der Waals surface area (Å²) in [5, 5.41) is 3.31. The Morgan fingerprint density at radius 1 is 1.37 bits per heavy atom. The third-order valence-electron chi connectivity index (χ3n) is 3.27. The van der Waals surface area contributed by atoms with Crippen molar-refractivity contribution in [3.05, 3.63) is 53.9 Å². The predicted octanol–water partition coefficient (Wildman–Crippen LogP) is 1.73. The third kappa shape index (κ3) is 2.83. The van der Waals surface area contributed by atoms with Crippen molar-refractivity contribution in [1.29, 1.82) is 0 Å². The largest absolute Gasteiger partial charge is 0.369 e.